The van der Waals surface area contributed by atoms with Gasteiger partial charge in [0.15, 0.2) is 0 Å². The molecule has 1 saturated heterocycles. The van der Waals surface area contributed by atoms with Crippen molar-refractivity contribution in [3.8, 4) is 0 Å². The predicted molar refractivity (Wildman–Crippen MR) is 82.6 cm³/mol. The lowest BCUT2D eigenvalue weighted by Gasteiger charge is -2.40. The van der Waals surface area contributed by atoms with Crippen molar-refractivity contribution in [3.63, 3.8) is 0 Å². The number of nitrogens with zero attached hydrogens (tertiary/aromatic N) is 1. The number of amides is 1. The van der Waals surface area contributed by atoms with E-state index in [9.17, 15) is 13.2 Å². The van der Waals surface area contributed by atoms with Gasteiger partial charge in [-0.2, -0.15) is 0 Å². The summed E-state index contributed by atoms with van der Waals surface area (Å²) >= 11 is 0. The van der Waals surface area contributed by atoms with Crippen molar-refractivity contribution in [2.24, 2.45) is 5.92 Å². The zero-order chi connectivity index (χ0) is 16.5. The fourth-order valence-corrected chi connectivity index (χ4v) is 3.79. The Hall–Kier alpha value is -0.820. The molecule has 0 aromatic rings. The summed E-state index contributed by atoms with van der Waals surface area (Å²) in [7, 11) is -3.24. The largest absolute Gasteiger partial charge is 0.444 e. The van der Waals surface area contributed by atoms with Crippen LogP contribution in [0.4, 0.5) is 4.79 Å². The van der Waals surface area contributed by atoms with Gasteiger partial charge in [0.2, 0.25) is 10.0 Å². The number of nitrogens with one attached hydrogen (secondary N) is 1. The molecule has 124 valence electrons. The molecular weight excluding hydrogens is 292 g/mol. The first-order valence-electron chi connectivity index (χ1n) is 7.27. The number of carbonyl (C=O) groups is 1. The van der Waals surface area contributed by atoms with Crippen molar-refractivity contribution in [2.75, 3.05) is 19.3 Å². The highest BCUT2D eigenvalue weighted by molar-refractivity contribution is 7.88. The first kappa shape index (κ1) is 18.2. The monoisotopic (exact) mass is 320 g/mol. The topological polar surface area (TPSA) is 75.7 Å². The zero-order valence-electron chi connectivity index (χ0n) is 13.9. The summed E-state index contributed by atoms with van der Waals surface area (Å²) in [5, 5.41) is 0. The molecule has 0 aromatic carbocycles. The van der Waals surface area contributed by atoms with Crippen molar-refractivity contribution >= 4 is 16.1 Å². The Bertz CT molecular complexity index is 472. The highest BCUT2D eigenvalue weighted by Crippen LogP contribution is 2.29. The van der Waals surface area contributed by atoms with Crippen LogP contribution in [-0.4, -0.2) is 49.9 Å². The van der Waals surface area contributed by atoms with E-state index < -0.39 is 21.2 Å². The van der Waals surface area contributed by atoms with E-state index in [1.807, 2.05) is 34.6 Å². The molecule has 7 heteroatoms. The predicted octanol–water partition coefficient (Wildman–Crippen LogP) is 1.96. The standard InChI is InChI=1S/C14H28N2O4S/c1-13(2,3)20-12(17)16-9-7-11(8-10-16)14(4,5)15-21(6,18)19/h11,15H,7-10H2,1-6H3. The molecule has 0 aliphatic carbocycles. The Balaban J connectivity index is 2.58. The first-order valence-corrected chi connectivity index (χ1v) is 9.16. The highest BCUT2D eigenvalue weighted by atomic mass is 32.2. The highest BCUT2D eigenvalue weighted by Gasteiger charge is 2.36. The average Bonchev–Trinajstić information content (AvgIpc) is 2.23. The SMILES string of the molecule is CC(C)(C)OC(=O)N1CCC(C(C)(C)NS(C)(=O)=O)CC1. The molecule has 0 radical (unpaired) electrons. The minimum absolute atomic E-state index is 0.200. The van der Waals surface area contributed by atoms with Crippen LogP contribution < -0.4 is 4.72 Å². The molecule has 1 heterocycles. The summed E-state index contributed by atoms with van der Waals surface area (Å²) in [5.41, 5.74) is -1.00. The fourth-order valence-electron chi connectivity index (χ4n) is 2.67. The molecule has 1 aliphatic heterocycles. The van der Waals surface area contributed by atoms with Crippen LogP contribution in [0, 0.1) is 5.92 Å². The van der Waals surface area contributed by atoms with Gasteiger partial charge in [-0.05, 0) is 53.4 Å². The minimum atomic E-state index is -3.24. The third kappa shape index (κ3) is 6.22. The van der Waals surface area contributed by atoms with Crippen molar-refractivity contribution in [3.05, 3.63) is 0 Å². The van der Waals surface area contributed by atoms with Crippen molar-refractivity contribution in [2.45, 2.75) is 58.6 Å². The number of rotatable bonds is 3. The third-order valence-electron chi connectivity index (χ3n) is 3.62. The van der Waals surface area contributed by atoms with Crippen molar-refractivity contribution < 1.29 is 17.9 Å². The van der Waals surface area contributed by atoms with E-state index in [-0.39, 0.29) is 12.0 Å². The Morgan fingerprint density at radius 2 is 1.62 bits per heavy atom. The lowest BCUT2D eigenvalue weighted by molar-refractivity contribution is 0.0151. The summed E-state index contributed by atoms with van der Waals surface area (Å²) in [6, 6.07) is 0. The van der Waals surface area contributed by atoms with Gasteiger partial charge in [-0.15, -0.1) is 0 Å². The number of likely N-dealkylation sites (tertiary alicyclic amines) is 1. The van der Waals surface area contributed by atoms with Gasteiger partial charge in [-0.1, -0.05) is 0 Å². The molecule has 1 aliphatic rings. The molecule has 0 aromatic heterocycles. The van der Waals surface area contributed by atoms with Gasteiger partial charge in [-0.3, -0.25) is 0 Å². The van der Waals surface area contributed by atoms with Gasteiger partial charge >= 0.3 is 6.09 Å². The quantitative estimate of drug-likeness (QED) is 0.862. The van der Waals surface area contributed by atoms with Gasteiger partial charge in [-0.25, -0.2) is 17.9 Å². The van der Waals surface area contributed by atoms with Crippen LogP contribution in [0.5, 0.6) is 0 Å². The van der Waals surface area contributed by atoms with E-state index in [0.29, 0.717) is 13.1 Å². The molecular formula is C14H28N2O4S. The smallest absolute Gasteiger partial charge is 0.410 e. The minimum Gasteiger partial charge on any atom is -0.444 e. The van der Waals surface area contributed by atoms with Gasteiger partial charge in [0, 0.05) is 18.6 Å². The summed E-state index contributed by atoms with van der Waals surface area (Å²) < 4.78 is 30.9. The maximum atomic E-state index is 12.0. The van der Waals surface area contributed by atoms with Crippen molar-refractivity contribution in [1.29, 1.82) is 0 Å². The fraction of sp³-hybridized carbons (Fsp3) is 0.929. The Labute approximate surface area is 128 Å². The molecule has 1 fully saturated rings. The third-order valence-corrected chi connectivity index (χ3v) is 4.51. The van der Waals surface area contributed by atoms with E-state index in [1.54, 1.807) is 4.90 Å². The van der Waals surface area contributed by atoms with E-state index >= 15 is 0 Å². The van der Waals surface area contributed by atoms with Crippen LogP contribution in [0.15, 0.2) is 0 Å². The normalized spacial score (nSPS) is 18.7. The maximum absolute atomic E-state index is 12.0. The number of carbonyl (C=O) groups excluding carboxylic acids is 1. The molecule has 6 nitrogen and oxygen atoms in total. The molecule has 1 rings (SSSR count). The van der Waals surface area contributed by atoms with E-state index in [0.717, 1.165) is 12.8 Å². The van der Waals surface area contributed by atoms with E-state index in [1.165, 1.54) is 6.26 Å². The van der Waals surface area contributed by atoms with Crippen LogP contribution in [-0.2, 0) is 14.8 Å². The first-order chi connectivity index (χ1) is 9.30. The summed E-state index contributed by atoms with van der Waals surface area (Å²) in [6.45, 7) is 10.5. The second kappa shape index (κ2) is 6.12. The van der Waals surface area contributed by atoms with Crippen LogP contribution in [0.2, 0.25) is 0 Å². The number of hydrogen-bond donors (Lipinski definition) is 1. The summed E-state index contributed by atoms with van der Waals surface area (Å²) in [6.07, 6.45) is 2.39. The molecule has 0 atom stereocenters. The summed E-state index contributed by atoms with van der Waals surface area (Å²) in [4.78, 5) is 13.7. The lowest BCUT2D eigenvalue weighted by atomic mass is 9.81. The molecule has 0 saturated carbocycles. The van der Waals surface area contributed by atoms with E-state index in [2.05, 4.69) is 4.72 Å². The Morgan fingerprint density at radius 1 is 1.14 bits per heavy atom. The Morgan fingerprint density at radius 3 is 2.00 bits per heavy atom. The molecule has 1 N–H and O–H groups in total. The summed E-state index contributed by atoms with van der Waals surface area (Å²) in [5.74, 6) is 0.200. The second-order valence-electron chi connectivity index (χ2n) is 7.34. The number of ether oxygens (including phenoxy) is 1. The van der Waals surface area contributed by atoms with Crippen LogP contribution in [0.25, 0.3) is 0 Å². The van der Waals surface area contributed by atoms with Crippen molar-refractivity contribution in [1.82, 2.24) is 9.62 Å². The number of sulfonamides is 1. The maximum Gasteiger partial charge on any atom is 0.410 e. The van der Waals surface area contributed by atoms with Crippen LogP contribution in [0.3, 0.4) is 0 Å². The molecule has 0 spiro atoms. The second-order valence-corrected chi connectivity index (χ2v) is 9.09. The molecule has 0 unspecified atom stereocenters. The number of piperidine rings is 1. The van der Waals surface area contributed by atoms with Gasteiger partial charge in [0.05, 0.1) is 6.26 Å². The zero-order valence-corrected chi connectivity index (χ0v) is 14.7. The van der Waals surface area contributed by atoms with Gasteiger partial charge in [0.1, 0.15) is 5.60 Å². The lowest BCUT2D eigenvalue weighted by Crippen LogP contribution is -2.53. The Kier molecular flexibility index (Phi) is 5.31. The molecule has 21 heavy (non-hydrogen) atoms. The molecule has 0 bridgehead atoms. The van der Waals surface area contributed by atoms with E-state index in [4.69, 9.17) is 4.74 Å². The van der Waals surface area contributed by atoms with Gasteiger partial charge in [0.25, 0.3) is 0 Å². The number of hydrogen-bond acceptors (Lipinski definition) is 4. The molecule has 1 amide bonds. The van der Waals surface area contributed by atoms with Crippen LogP contribution >= 0.6 is 0 Å². The average molecular weight is 320 g/mol. The van der Waals surface area contributed by atoms with Gasteiger partial charge < -0.3 is 9.64 Å². The van der Waals surface area contributed by atoms with Crippen LogP contribution in [0.1, 0.15) is 47.5 Å².